The van der Waals surface area contributed by atoms with Gasteiger partial charge in [-0.1, -0.05) is 23.4 Å². The molecule has 1 aliphatic heterocycles. The standard InChI is InChI=1S/C22H19N5O3/c1-13-7-8-14(19-20(28)22(2,3)30-27-19)10-15(13)17-11-25-18(12-24-17)26-21(29)16-6-4-5-9-23-16/h4-12H,1-3H3,(H,25,26,29). The van der Waals surface area contributed by atoms with Gasteiger partial charge in [0.25, 0.3) is 5.91 Å². The van der Waals surface area contributed by atoms with Crippen LogP contribution in [0.4, 0.5) is 5.82 Å². The predicted octanol–water partition coefficient (Wildman–Crippen LogP) is 3.18. The third-order valence-electron chi connectivity index (χ3n) is 4.70. The first-order chi connectivity index (χ1) is 14.3. The second-order valence-electron chi connectivity index (χ2n) is 7.36. The van der Waals surface area contributed by atoms with E-state index in [9.17, 15) is 9.59 Å². The van der Waals surface area contributed by atoms with Crippen molar-refractivity contribution in [2.24, 2.45) is 5.16 Å². The van der Waals surface area contributed by atoms with Gasteiger partial charge in [0, 0.05) is 17.3 Å². The van der Waals surface area contributed by atoms with Crippen molar-refractivity contribution in [3.05, 3.63) is 71.8 Å². The maximum atomic E-state index is 12.5. The number of rotatable bonds is 4. The maximum Gasteiger partial charge on any atom is 0.275 e. The molecule has 1 aliphatic rings. The van der Waals surface area contributed by atoms with Gasteiger partial charge in [0.15, 0.2) is 17.1 Å². The molecule has 0 atom stereocenters. The van der Waals surface area contributed by atoms with Crippen LogP contribution in [-0.4, -0.2) is 38.0 Å². The third-order valence-corrected chi connectivity index (χ3v) is 4.70. The Kier molecular flexibility index (Phi) is 4.83. The van der Waals surface area contributed by atoms with Crippen LogP contribution in [0.5, 0.6) is 0 Å². The molecule has 0 bridgehead atoms. The Balaban J connectivity index is 1.57. The predicted molar refractivity (Wildman–Crippen MR) is 111 cm³/mol. The quantitative estimate of drug-likeness (QED) is 0.720. The number of hydrogen-bond donors (Lipinski definition) is 1. The van der Waals surface area contributed by atoms with Crippen molar-refractivity contribution in [2.75, 3.05) is 5.32 Å². The zero-order valence-electron chi connectivity index (χ0n) is 16.7. The second-order valence-corrected chi connectivity index (χ2v) is 7.36. The molecule has 2 aromatic heterocycles. The molecule has 0 aliphatic carbocycles. The molecule has 3 heterocycles. The lowest BCUT2D eigenvalue weighted by atomic mass is 9.93. The first-order valence-electron chi connectivity index (χ1n) is 9.32. The average Bonchev–Trinajstić information content (AvgIpc) is 3.02. The summed E-state index contributed by atoms with van der Waals surface area (Å²) < 4.78 is 0. The van der Waals surface area contributed by atoms with Crippen LogP contribution in [0.3, 0.4) is 0 Å². The smallest absolute Gasteiger partial charge is 0.275 e. The topological polar surface area (TPSA) is 106 Å². The van der Waals surface area contributed by atoms with Crippen LogP contribution in [0.15, 0.2) is 60.1 Å². The van der Waals surface area contributed by atoms with Gasteiger partial charge in [-0.2, -0.15) is 0 Å². The van der Waals surface area contributed by atoms with Gasteiger partial charge in [-0.15, -0.1) is 0 Å². The monoisotopic (exact) mass is 401 g/mol. The van der Waals surface area contributed by atoms with E-state index in [1.54, 1.807) is 44.4 Å². The molecule has 0 saturated carbocycles. The molecule has 8 nitrogen and oxygen atoms in total. The Labute approximate surface area is 173 Å². The normalized spacial score (nSPS) is 14.8. The number of carbonyl (C=O) groups excluding carboxylic acids is 2. The number of nitrogens with one attached hydrogen (secondary N) is 1. The van der Waals surface area contributed by atoms with E-state index in [0.717, 1.165) is 11.1 Å². The number of nitrogens with zero attached hydrogens (tertiary/aromatic N) is 4. The Hall–Kier alpha value is -3.94. The van der Waals surface area contributed by atoms with Gasteiger partial charge in [-0.3, -0.25) is 19.6 Å². The van der Waals surface area contributed by atoms with Gasteiger partial charge >= 0.3 is 0 Å². The maximum absolute atomic E-state index is 12.5. The van der Waals surface area contributed by atoms with Crippen LogP contribution in [0.25, 0.3) is 11.3 Å². The van der Waals surface area contributed by atoms with Gasteiger partial charge in [0.1, 0.15) is 5.69 Å². The summed E-state index contributed by atoms with van der Waals surface area (Å²) in [5.41, 5.74) is 2.64. The fourth-order valence-corrected chi connectivity index (χ4v) is 2.97. The number of aryl methyl sites for hydroxylation is 1. The highest BCUT2D eigenvalue weighted by Gasteiger charge is 2.40. The molecule has 1 aromatic carbocycles. The van der Waals surface area contributed by atoms with Crippen LogP contribution < -0.4 is 5.32 Å². The van der Waals surface area contributed by atoms with Crippen molar-refractivity contribution in [2.45, 2.75) is 26.4 Å². The van der Waals surface area contributed by atoms with Crippen molar-refractivity contribution < 1.29 is 14.4 Å². The van der Waals surface area contributed by atoms with Gasteiger partial charge in [0.2, 0.25) is 5.78 Å². The second kappa shape index (κ2) is 7.47. The van der Waals surface area contributed by atoms with Crippen LogP contribution >= 0.6 is 0 Å². The number of aromatic nitrogens is 3. The summed E-state index contributed by atoms with van der Waals surface area (Å²) in [6.45, 7) is 5.31. The number of pyridine rings is 1. The number of Topliss-reactive ketones (excluding diaryl/α,β-unsaturated/α-hetero) is 1. The van der Waals surface area contributed by atoms with Crippen molar-refractivity contribution in [3.63, 3.8) is 0 Å². The molecule has 3 aromatic rings. The van der Waals surface area contributed by atoms with Crippen LogP contribution in [-0.2, 0) is 9.63 Å². The van der Waals surface area contributed by atoms with E-state index in [0.29, 0.717) is 22.8 Å². The summed E-state index contributed by atoms with van der Waals surface area (Å²) >= 11 is 0. The summed E-state index contributed by atoms with van der Waals surface area (Å²) in [6, 6.07) is 10.6. The van der Waals surface area contributed by atoms with Crippen LogP contribution in [0.1, 0.15) is 35.5 Å². The van der Waals surface area contributed by atoms with E-state index >= 15 is 0 Å². The highest BCUT2D eigenvalue weighted by atomic mass is 16.7. The first-order valence-corrected chi connectivity index (χ1v) is 9.32. The van der Waals surface area contributed by atoms with Gasteiger partial charge in [-0.25, -0.2) is 4.98 Å². The Morgan fingerprint density at radius 3 is 2.53 bits per heavy atom. The molecule has 8 heteroatoms. The minimum absolute atomic E-state index is 0.170. The number of carbonyl (C=O) groups is 2. The van der Waals surface area contributed by atoms with Crippen LogP contribution in [0.2, 0.25) is 0 Å². The molecule has 0 saturated heterocycles. The summed E-state index contributed by atoms with van der Waals surface area (Å²) in [5.74, 6) is -0.221. The molecular formula is C22H19N5O3. The number of ketones is 1. The van der Waals surface area contributed by atoms with E-state index in [2.05, 4.69) is 25.4 Å². The zero-order chi connectivity index (χ0) is 21.3. The molecule has 0 fully saturated rings. The number of hydrogen-bond acceptors (Lipinski definition) is 7. The third kappa shape index (κ3) is 3.67. The van der Waals surface area contributed by atoms with Crippen molar-refractivity contribution >= 4 is 23.2 Å². The SMILES string of the molecule is Cc1ccc(C2=NOC(C)(C)C2=O)cc1-c1cnc(NC(=O)c2ccccn2)cn1. The van der Waals surface area contributed by atoms with E-state index in [1.165, 1.54) is 6.20 Å². The minimum Gasteiger partial charge on any atom is -0.381 e. The summed E-state index contributed by atoms with van der Waals surface area (Å²) in [7, 11) is 0. The lowest BCUT2D eigenvalue weighted by molar-refractivity contribution is -0.128. The first kappa shape index (κ1) is 19.4. The molecule has 1 N–H and O–H groups in total. The minimum atomic E-state index is -0.965. The van der Waals surface area contributed by atoms with Crippen molar-refractivity contribution in [1.29, 1.82) is 0 Å². The van der Waals surface area contributed by atoms with Gasteiger partial charge < -0.3 is 10.2 Å². The van der Waals surface area contributed by atoms with Crippen molar-refractivity contribution in [1.82, 2.24) is 15.0 Å². The summed E-state index contributed by atoms with van der Waals surface area (Å²) in [6.07, 6.45) is 4.59. The molecule has 0 radical (unpaired) electrons. The van der Waals surface area contributed by atoms with E-state index in [1.807, 2.05) is 25.1 Å². The lowest BCUT2D eigenvalue weighted by Gasteiger charge is -2.12. The molecule has 0 unspecified atom stereocenters. The molecule has 150 valence electrons. The Bertz CT molecular complexity index is 1160. The Morgan fingerprint density at radius 1 is 1.07 bits per heavy atom. The fraction of sp³-hybridized carbons (Fsp3) is 0.182. The largest absolute Gasteiger partial charge is 0.381 e. The fourth-order valence-electron chi connectivity index (χ4n) is 2.97. The van der Waals surface area contributed by atoms with Crippen molar-refractivity contribution in [3.8, 4) is 11.3 Å². The van der Waals surface area contributed by atoms with E-state index in [4.69, 9.17) is 4.84 Å². The molecule has 0 spiro atoms. The number of amides is 1. The molecule has 30 heavy (non-hydrogen) atoms. The summed E-state index contributed by atoms with van der Waals surface area (Å²) in [5, 5.41) is 6.62. The molecular weight excluding hydrogens is 382 g/mol. The molecule has 1 amide bonds. The van der Waals surface area contributed by atoms with Gasteiger partial charge in [-0.05, 0) is 44.5 Å². The van der Waals surface area contributed by atoms with Gasteiger partial charge in [0.05, 0.1) is 18.1 Å². The van der Waals surface area contributed by atoms with E-state index in [-0.39, 0.29) is 17.4 Å². The average molecular weight is 401 g/mol. The highest BCUT2D eigenvalue weighted by Crippen LogP contribution is 2.27. The molecule has 4 rings (SSSR count). The van der Waals surface area contributed by atoms with Crippen LogP contribution in [0, 0.1) is 6.92 Å². The highest BCUT2D eigenvalue weighted by molar-refractivity contribution is 6.49. The zero-order valence-corrected chi connectivity index (χ0v) is 16.7. The number of oxime groups is 1. The number of benzene rings is 1. The summed E-state index contributed by atoms with van der Waals surface area (Å²) in [4.78, 5) is 42.7. The Morgan fingerprint density at radius 2 is 1.90 bits per heavy atom. The number of anilines is 1. The lowest BCUT2D eigenvalue weighted by Crippen LogP contribution is -2.33. The van der Waals surface area contributed by atoms with E-state index < -0.39 is 5.60 Å².